The van der Waals surface area contributed by atoms with Gasteiger partial charge in [-0.25, -0.2) is 0 Å². The Bertz CT molecular complexity index is 337. The number of hydrogen-bond acceptors (Lipinski definition) is 3. The zero-order chi connectivity index (χ0) is 9.26. The van der Waals surface area contributed by atoms with Crippen LogP contribution in [-0.4, -0.2) is 12.2 Å². The summed E-state index contributed by atoms with van der Waals surface area (Å²) in [6, 6.07) is 7.39. The zero-order valence-corrected chi connectivity index (χ0v) is 6.90. The Morgan fingerprint density at radius 3 is 3.00 bits per heavy atom. The summed E-state index contributed by atoms with van der Waals surface area (Å²) in [5.74, 6) is 0.0621. The summed E-state index contributed by atoms with van der Waals surface area (Å²) in [4.78, 5) is 10.7. The molecule has 0 saturated heterocycles. The van der Waals surface area contributed by atoms with Crippen molar-refractivity contribution in [3.63, 3.8) is 0 Å². The maximum atomic E-state index is 10.7. The maximum absolute atomic E-state index is 10.7. The highest BCUT2D eigenvalue weighted by Crippen LogP contribution is 2.24. The van der Waals surface area contributed by atoms with Gasteiger partial charge in [-0.05, 0) is 6.07 Å². The van der Waals surface area contributed by atoms with Crippen LogP contribution in [0.3, 0.4) is 0 Å². The number of carbonyl (C=O) groups excluding carboxylic acids is 1. The summed E-state index contributed by atoms with van der Waals surface area (Å²) in [5.41, 5.74) is 5.97. The lowest BCUT2D eigenvalue weighted by Crippen LogP contribution is -2.38. The van der Waals surface area contributed by atoms with Crippen LogP contribution < -0.4 is 10.5 Å². The highest BCUT2D eigenvalue weighted by atomic mass is 16.7. The van der Waals surface area contributed by atoms with E-state index < -0.39 is 12.2 Å². The van der Waals surface area contributed by atoms with Gasteiger partial charge in [-0.2, -0.15) is 0 Å². The lowest BCUT2D eigenvalue weighted by Gasteiger charge is -2.23. The second-order valence-corrected chi connectivity index (χ2v) is 2.77. The van der Waals surface area contributed by atoms with E-state index >= 15 is 0 Å². The van der Waals surface area contributed by atoms with Crippen LogP contribution >= 0.6 is 0 Å². The van der Waals surface area contributed by atoms with Gasteiger partial charge in [0.05, 0.1) is 6.61 Å². The molecule has 0 fully saturated rings. The Labute approximate surface area is 75.2 Å². The van der Waals surface area contributed by atoms with Crippen molar-refractivity contribution in [2.45, 2.75) is 12.9 Å². The Morgan fingerprint density at radius 2 is 2.23 bits per heavy atom. The van der Waals surface area contributed by atoms with Gasteiger partial charge in [0, 0.05) is 5.56 Å². The molecular formula is C9H9NO3. The minimum Gasteiger partial charge on any atom is -0.455 e. The molecule has 1 unspecified atom stereocenters. The van der Waals surface area contributed by atoms with Crippen LogP contribution in [0.1, 0.15) is 5.56 Å². The number of hydrogen-bond donors (Lipinski definition) is 1. The van der Waals surface area contributed by atoms with Crippen molar-refractivity contribution < 1.29 is 14.3 Å². The van der Waals surface area contributed by atoms with Gasteiger partial charge in [-0.1, -0.05) is 18.2 Å². The molecule has 1 atom stereocenters. The van der Waals surface area contributed by atoms with Crippen molar-refractivity contribution in [2.75, 3.05) is 0 Å². The first-order chi connectivity index (χ1) is 6.27. The first-order valence-electron chi connectivity index (χ1n) is 3.93. The Morgan fingerprint density at radius 1 is 1.46 bits per heavy atom. The van der Waals surface area contributed by atoms with Gasteiger partial charge < -0.3 is 15.2 Å². The Balaban J connectivity index is 2.24. The van der Waals surface area contributed by atoms with Crippen LogP contribution in [0.15, 0.2) is 24.3 Å². The minimum absolute atomic E-state index is 0.365. The normalized spacial score (nSPS) is 20.2. The molecule has 1 heterocycles. The zero-order valence-electron chi connectivity index (χ0n) is 6.90. The molecule has 4 heteroatoms. The average Bonchev–Trinajstić information content (AvgIpc) is 2.17. The van der Waals surface area contributed by atoms with Gasteiger partial charge in [0.15, 0.2) is 0 Å². The molecule has 13 heavy (non-hydrogen) atoms. The number of nitrogens with two attached hydrogens (primary N) is 1. The molecule has 1 aromatic rings. The van der Waals surface area contributed by atoms with E-state index in [1.165, 1.54) is 0 Å². The van der Waals surface area contributed by atoms with Crippen LogP contribution in [0, 0.1) is 0 Å². The van der Waals surface area contributed by atoms with E-state index in [0.717, 1.165) is 5.56 Å². The topological polar surface area (TPSA) is 61.6 Å². The Hall–Kier alpha value is -1.55. The van der Waals surface area contributed by atoms with Crippen molar-refractivity contribution in [2.24, 2.45) is 5.73 Å². The van der Waals surface area contributed by atoms with Crippen LogP contribution in [-0.2, 0) is 16.1 Å². The molecule has 0 bridgehead atoms. The predicted octanol–water partition coefficient (Wildman–Crippen LogP) is 0.407. The number of para-hydroxylation sites is 1. The molecule has 0 aromatic heterocycles. The van der Waals surface area contributed by atoms with Crippen LogP contribution in [0.5, 0.6) is 5.75 Å². The van der Waals surface area contributed by atoms with Gasteiger partial charge in [0.2, 0.25) is 0 Å². The van der Waals surface area contributed by atoms with Crippen molar-refractivity contribution >= 4 is 5.91 Å². The second-order valence-electron chi connectivity index (χ2n) is 2.77. The number of fused-ring (bicyclic) bond motifs is 1. The molecular weight excluding hydrogens is 170 g/mol. The lowest BCUT2D eigenvalue weighted by molar-refractivity contribution is -0.156. The van der Waals surface area contributed by atoms with Crippen LogP contribution in [0.4, 0.5) is 0 Å². The average molecular weight is 179 g/mol. The quantitative estimate of drug-likeness (QED) is 0.679. The van der Waals surface area contributed by atoms with Crippen molar-refractivity contribution in [3.8, 4) is 5.75 Å². The number of amides is 1. The molecule has 1 aliphatic rings. The lowest BCUT2D eigenvalue weighted by atomic mass is 10.2. The van der Waals surface area contributed by atoms with E-state index in [1.807, 2.05) is 18.2 Å². The summed E-state index contributed by atoms with van der Waals surface area (Å²) in [7, 11) is 0. The molecule has 1 amide bonds. The minimum atomic E-state index is -0.949. The molecule has 2 rings (SSSR count). The third kappa shape index (κ3) is 1.48. The molecule has 0 aliphatic carbocycles. The van der Waals surface area contributed by atoms with E-state index in [4.69, 9.17) is 15.2 Å². The molecule has 4 nitrogen and oxygen atoms in total. The van der Waals surface area contributed by atoms with Gasteiger partial charge in [-0.3, -0.25) is 4.79 Å². The van der Waals surface area contributed by atoms with E-state index in [2.05, 4.69) is 0 Å². The molecule has 0 spiro atoms. The highest BCUT2D eigenvalue weighted by Gasteiger charge is 2.23. The molecule has 68 valence electrons. The SMILES string of the molecule is NC(=O)C1OCc2ccccc2O1. The van der Waals surface area contributed by atoms with E-state index in [1.54, 1.807) is 6.07 Å². The second kappa shape index (κ2) is 3.06. The molecule has 1 aliphatic heterocycles. The molecule has 1 aromatic carbocycles. The number of primary amides is 1. The van der Waals surface area contributed by atoms with Gasteiger partial charge >= 0.3 is 0 Å². The summed E-state index contributed by atoms with van der Waals surface area (Å²) in [5, 5.41) is 0. The van der Waals surface area contributed by atoms with Crippen LogP contribution in [0.2, 0.25) is 0 Å². The first-order valence-corrected chi connectivity index (χ1v) is 3.93. The van der Waals surface area contributed by atoms with Gasteiger partial charge in [0.1, 0.15) is 5.75 Å². The number of benzene rings is 1. The van der Waals surface area contributed by atoms with Crippen molar-refractivity contribution in [1.82, 2.24) is 0 Å². The van der Waals surface area contributed by atoms with Gasteiger partial charge in [-0.15, -0.1) is 0 Å². The summed E-state index contributed by atoms with van der Waals surface area (Å²) < 4.78 is 10.3. The molecule has 0 radical (unpaired) electrons. The predicted molar refractivity (Wildman–Crippen MR) is 44.8 cm³/mol. The van der Waals surface area contributed by atoms with Gasteiger partial charge in [0.25, 0.3) is 12.2 Å². The Kier molecular flexibility index (Phi) is 1.90. The van der Waals surface area contributed by atoms with E-state index in [-0.39, 0.29) is 0 Å². The van der Waals surface area contributed by atoms with Crippen molar-refractivity contribution in [1.29, 1.82) is 0 Å². The fourth-order valence-corrected chi connectivity index (χ4v) is 1.19. The van der Waals surface area contributed by atoms with Crippen LogP contribution in [0.25, 0.3) is 0 Å². The number of rotatable bonds is 1. The third-order valence-corrected chi connectivity index (χ3v) is 1.83. The third-order valence-electron chi connectivity index (χ3n) is 1.83. The monoisotopic (exact) mass is 179 g/mol. The molecule has 2 N–H and O–H groups in total. The largest absolute Gasteiger partial charge is 0.455 e. The van der Waals surface area contributed by atoms with E-state index in [9.17, 15) is 4.79 Å². The summed E-state index contributed by atoms with van der Waals surface area (Å²) in [6.45, 7) is 0.365. The molecule has 0 saturated carbocycles. The summed E-state index contributed by atoms with van der Waals surface area (Å²) >= 11 is 0. The number of ether oxygens (including phenoxy) is 2. The standard InChI is InChI=1S/C9H9NO3/c10-8(11)9-12-5-6-3-1-2-4-7(6)13-9/h1-4,9H,5H2,(H2,10,11). The maximum Gasteiger partial charge on any atom is 0.287 e. The van der Waals surface area contributed by atoms with Crippen molar-refractivity contribution in [3.05, 3.63) is 29.8 Å². The fraction of sp³-hybridized carbons (Fsp3) is 0.222. The highest BCUT2D eigenvalue weighted by molar-refractivity contribution is 5.78. The smallest absolute Gasteiger partial charge is 0.287 e. The van der Waals surface area contributed by atoms with E-state index in [0.29, 0.717) is 12.4 Å². The first kappa shape index (κ1) is 8.07. The number of carbonyl (C=O) groups is 1. The summed E-state index contributed by atoms with van der Waals surface area (Å²) in [6.07, 6.45) is -0.949. The fourth-order valence-electron chi connectivity index (χ4n) is 1.19.